The van der Waals surface area contributed by atoms with Crippen molar-refractivity contribution in [3.8, 4) is 0 Å². The van der Waals surface area contributed by atoms with Crippen LogP contribution in [0.4, 0.5) is 0 Å². The van der Waals surface area contributed by atoms with Gasteiger partial charge >= 0.3 is 59.1 Å². The Balaban J connectivity index is -0.0000000625. The van der Waals surface area contributed by atoms with Crippen molar-refractivity contribution in [2.75, 3.05) is 13.1 Å². The Morgan fingerprint density at radius 2 is 1.14 bits per heavy atom. The van der Waals surface area contributed by atoms with Crippen LogP contribution < -0.4 is 69.7 Å². The summed E-state index contributed by atoms with van der Waals surface area (Å²) in [6, 6.07) is 0. The standard InChI is InChI=1S/2C3H7NS2.2Na/c2*1-2-4-3(5)6;;/h2*2H2,1H3,(H2,4,5,6);;/q;;2*+1/p-2. The van der Waals surface area contributed by atoms with Gasteiger partial charge in [0.2, 0.25) is 0 Å². The minimum Gasteiger partial charge on any atom is -0.412 e. The summed E-state index contributed by atoms with van der Waals surface area (Å²) in [5.41, 5.74) is 0. The van der Waals surface area contributed by atoms with Gasteiger partial charge in [-0.1, -0.05) is 8.64 Å². The van der Waals surface area contributed by atoms with E-state index in [9.17, 15) is 0 Å². The van der Waals surface area contributed by atoms with E-state index in [4.69, 9.17) is 0 Å². The zero-order valence-electron chi connectivity index (χ0n) is 9.05. The van der Waals surface area contributed by atoms with E-state index >= 15 is 0 Å². The second-order valence-corrected chi connectivity index (χ2v) is 3.79. The van der Waals surface area contributed by atoms with Gasteiger partial charge in [0.25, 0.3) is 0 Å². The molecule has 0 fully saturated rings. The fourth-order valence-corrected chi connectivity index (χ4v) is 0.866. The topological polar surface area (TPSA) is 24.1 Å². The van der Waals surface area contributed by atoms with Gasteiger partial charge in [-0.3, -0.25) is 0 Å². The minimum absolute atomic E-state index is 0. The molecule has 0 amide bonds. The average molecular weight is 286 g/mol. The molecule has 8 heteroatoms. The molecule has 2 N–H and O–H groups in total. The van der Waals surface area contributed by atoms with Gasteiger partial charge in [0.05, 0.1) is 0 Å². The molecule has 0 rings (SSSR count). The van der Waals surface area contributed by atoms with Crippen LogP contribution in [0.25, 0.3) is 0 Å². The van der Waals surface area contributed by atoms with Gasteiger partial charge in [0, 0.05) is 13.1 Å². The Hall–Kier alpha value is 2.22. The zero-order chi connectivity index (χ0) is 9.98. The van der Waals surface area contributed by atoms with Crippen LogP contribution in [0, 0.1) is 0 Å². The SMILES string of the molecule is CCNC(=S)[S-].CCNC(=S)[S-].[Na+].[Na+]. The number of thiocarbonyl (C=S) groups is 2. The Bertz CT molecular complexity index is 130. The van der Waals surface area contributed by atoms with Gasteiger partial charge in [-0.25, -0.2) is 0 Å². The molecule has 0 aromatic carbocycles. The molecule has 0 aliphatic heterocycles. The molecule has 0 heterocycles. The van der Waals surface area contributed by atoms with E-state index in [0.29, 0.717) is 8.64 Å². The number of hydrogen-bond acceptors (Lipinski definition) is 4. The van der Waals surface area contributed by atoms with Crippen LogP contribution in [0.2, 0.25) is 0 Å². The molecule has 0 spiro atoms. The monoisotopic (exact) mass is 286 g/mol. The van der Waals surface area contributed by atoms with Crippen LogP contribution in [-0.4, -0.2) is 21.7 Å². The molecular weight excluding hydrogens is 274 g/mol. The first-order valence-electron chi connectivity index (χ1n) is 3.44. The van der Waals surface area contributed by atoms with Gasteiger partial charge in [-0.15, -0.1) is 0 Å². The summed E-state index contributed by atoms with van der Waals surface area (Å²) in [7, 11) is 0. The van der Waals surface area contributed by atoms with Crippen molar-refractivity contribution in [3.63, 3.8) is 0 Å². The van der Waals surface area contributed by atoms with Crippen LogP contribution in [0.5, 0.6) is 0 Å². The number of rotatable bonds is 2. The Morgan fingerprint density at radius 1 is 0.929 bits per heavy atom. The first kappa shape index (κ1) is 25.2. The van der Waals surface area contributed by atoms with E-state index in [1.54, 1.807) is 0 Å². The zero-order valence-corrected chi connectivity index (χ0v) is 16.3. The van der Waals surface area contributed by atoms with Crippen molar-refractivity contribution in [2.45, 2.75) is 13.8 Å². The van der Waals surface area contributed by atoms with Crippen LogP contribution in [0.3, 0.4) is 0 Å². The summed E-state index contributed by atoms with van der Waals surface area (Å²) in [5, 5.41) is 5.51. The quantitative estimate of drug-likeness (QED) is 0.299. The van der Waals surface area contributed by atoms with Gasteiger partial charge in [-0.05, 0) is 13.8 Å². The van der Waals surface area contributed by atoms with E-state index in [1.165, 1.54) is 0 Å². The third kappa shape index (κ3) is 36.8. The summed E-state index contributed by atoms with van der Waals surface area (Å²) in [5.74, 6) is 0. The summed E-state index contributed by atoms with van der Waals surface area (Å²) < 4.78 is 0.912. The fourth-order valence-electron chi connectivity index (χ4n) is 0.289. The largest absolute Gasteiger partial charge is 1.00 e. The van der Waals surface area contributed by atoms with Gasteiger partial charge in [0.1, 0.15) is 0 Å². The predicted octanol–water partition coefficient (Wildman–Crippen LogP) is -5.14. The second-order valence-electron chi connectivity index (χ2n) is 1.64. The van der Waals surface area contributed by atoms with E-state index in [0.717, 1.165) is 13.1 Å². The molecule has 0 bridgehead atoms. The normalized spacial score (nSPS) is 6.43. The van der Waals surface area contributed by atoms with Crippen LogP contribution >= 0.6 is 24.4 Å². The van der Waals surface area contributed by atoms with E-state index in [-0.39, 0.29) is 59.1 Å². The molecule has 0 saturated carbocycles. The minimum atomic E-state index is 0. The molecule has 0 aromatic heterocycles. The maximum absolute atomic E-state index is 4.50. The molecule has 0 atom stereocenters. The van der Waals surface area contributed by atoms with Crippen molar-refractivity contribution in [1.29, 1.82) is 0 Å². The second kappa shape index (κ2) is 20.6. The molecular formula is C6H12N2Na2S4. The number of nitrogens with one attached hydrogen (secondary N) is 2. The Kier molecular flexibility index (Phi) is 37.0. The molecule has 0 unspecified atom stereocenters. The maximum Gasteiger partial charge on any atom is 1.00 e. The molecule has 2 nitrogen and oxygen atoms in total. The Labute approximate surface area is 153 Å². The summed E-state index contributed by atoms with van der Waals surface area (Å²) in [6.07, 6.45) is 0. The Morgan fingerprint density at radius 3 is 1.14 bits per heavy atom. The molecule has 0 aliphatic rings. The first-order chi connectivity index (χ1) is 5.54. The number of hydrogen-bond donors (Lipinski definition) is 2. The van der Waals surface area contributed by atoms with E-state index in [1.807, 2.05) is 13.8 Å². The van der Waals surface area contributed by atoms with Crippen molar-refractivity contribution >= 4 is 58.3 Å². The van der Waals surface area contributed by atoms with Crippen molar-refractivity contribution < 1.29 is 59.1 Å². The third-order valence-electron chi connectivity index (χ3n) is 0.642. The summed E-state index contributed by atoms with van der Waals surface area (Å²) >= 11 is 18.0. The smallest absolute Gasteiger partial charge is 0.412 e. The van der Waals surface area contributed by atoms with Crippen LogP contribution in [0.1, 0.15) is 13.8 Å². The van der Waals surface area contributed by atoms with E-state index in [2.05, 4.69) is 60.3 Å². The van der Waals surface area contributed by atoms with Gasteiger partial charge in [0.15, 0.2) is 0 Å². The molecule has 0 aromatic rings. The maximum atomic E-state index is 4.50. The van der Waals surface area contributed by atoms with E-state index < -0.39 is 0 Å². The molecule has 14 heavy (non-hydrogen) atoms. The third-order valence-corrected chi connectivity index (χ3v) is 1.22. The summed E-state index contributed by atoms with van der Waals surface area (Å²) in [4.78, 5) is 0. The van der Waals surface area contributed by atoms with Crippen LogP contribution in [-0.2, 0) is 25.3 Å². The van der Waals surface area contributed by atoms with Crippen molar-refractivity contribution in [2.24, 2.45) is 0 Å². The average Bonchev–Trinajstić information content (AvgIpc) is 1.87. The first-order valence-corrected chi connectivity index (χ1v) is 5.07. The van der Waals surface area contributed by atoms with Crippen molar-refractivity contribution in [3.05, 3.63) is 0 Å². The van der Waals surface area contributed by atoms with Gasteiger partial charge in [-0.2, -0.15) is 0 Å². The van der Waals surface area contributed by atoms with Crippen LogP contribution in [0.15, 0.2) is 0 Å². The molecule has 0 saturated heterocycles. The fraction of sp³-hybridized carbons (Fsp3) is 0.667. The summed E-state index contributed by atoms with van der Waals surface area (Å²) in [6.45, 7) is 5.59. The molecule has 72 valence electrons. The van der Waals surface area contributed by atoms with Crippen molar-refractivity contribution in [1.82, 2.24) is 10.6 Å². The van der Waals surface area contributed by atoms with Gasteiger partial charge < -0.3 is 60.3 Å². The molecule has 0 radical (unpaired) electrons. The predicted molar refractivity (Wildman–Crippen MR) is 67.3 cm³/mol. The molecule has 0 aliphatic carbocycles.